The first kappa shape index (κ1) is 22.0. The Morgan fingerprint density at radius 2 is 1.55 bits per heavy atom. The third-order valence-corrected chi connectivity index (χ3v) is 4.39. The molecule has 1 amide bonds. The molecule has 0 aliphatic rings. The van der Waals surface area contributed by atoms with Gasteiger partial charge in [-0.25, -0.2) is 0 Å². The first-order chi connectivity index (χ1) is 15.1. The van der Waals surface area contributed by atoms with Gasteiger partial charge < -0.3 is 20.1 Å². The lowest BCUT2D eigenvalue weighted by Gasteiger charge is -2.11. The maximum absolute atomic E-state index is 12.3. The zero-order valence-corrected chi connectivity index (χ0v) is 17.8. The van der Waals surface area contributed by atoms with Crippen molar-refractivity contribution in [1.29, 1.82) is 0 Å². The Bertz CT molecular complexity index is 1000. The number of rotatable bonds is 11. The van der Waals surface area contributed by atoms with Crippen LogP contribution in [0.2, 0.25) is 0 Å². The Labute approximate surface area is 183 Å². The zero-order valence-electron chi connectivity index (χ0n) is 17.8. The molecule has 0 radical (unpaired) electrons. The van der Waals surface area contributed by atoms with Crippen LogP contribution in [-0.4, -0.2) is 25.7 Å². The molecule has 0 spiro atoms. The second kappa shape index (κ2) is 11.5. The molecule has 31 heavy (non-hydrogen) atoms. The molecule has 0 aliphatic carbocycles. The molecule has 0 fully saturated rings. The number of hydrogen-bond acceptors (Lipinski definition) is 4. The predicted molar refractivity (Wildman–Crippen MR) is 126 cm³/mol. The largest absolute Gasteiger partial charge is 0.493 e. The summed E-state index contributed by atoms with van der Waals surface area (Å²) in [6.07, 6.45) is 0.843. The van der Waals surface area contributed by atoms with E-state index in [1.807, 2.05) is 67.6 Å². The van der Waals surface area contributed by atoms with Crippen molar-refractivity contribution < 1.29 is 14.3 Å². The van der Waals surface area contributed by atoms with E-state index in [0.29, 0.717) is 24.7 Å². The van der Waals surface area contributed by atoms with Gasteiger partial charge in [0.1, 0.15) is 18.1 Å². The van der Waals surface area contributed by atoms with Gasteiger partial charge in [0.25, 0.3) is 0 Å². The Morgan fingerprint density at radius 1 is 0.871 bits per heavy atom. The van der Waals surface area contributed by atoms with Crippen molar-refractivity contribution in [3.05, 3.63) is 96.6 Å². The first-order valence-electron chi connectivity index (χ1n) is 10.3. The summed E-state index contributed by atoms with van der Waals surface area (Å²) in [5, 5.41) is 6.01. The average Bonchev–Trinajstić information content (AvgIpc) is 2.78. The van der Waals surface area contributed by atoms with Crippen LogP contribution in [0.5, 0.6) is 11.5 Å². The second-order valence-corrected chi connectivity index (χ2v) is 7.29. The van der Waals surface area contributed by atoms with Gasteiger partial charge in [0, 0.05) is 29.9 Å². The maximum Gasteiger partial charge on any atom is 0.243 e. The van der Waals surface area contributed by atoms with Gasteiger partial charge in [0.05, 0.1) is 13.2 Å². The van der Waals surface area contributed by atoms with E-state index in [1.54, 1.807) is 6.07 Å². The SMILES string of the molecule is C=C(C)COc1cccc(NC(=O)CNc2cccc(OCCc3ccccc3)c2)c1. The third kappa shape index (κ3) is 7.90. The Hall–Kier alpha value is -3.73. The molecule has 3 rings (SSSR count). The molecule has 5 nitrogen and oxygen atoms in total. The van der Waals surface area contributed by atoms with Gasteiger partial charge in [-0.2, -0.15) is 0 Å². The molecule has 0 heterocycles. The Morgan fingerprint density at radius 3 is 2.29 bits per heavy atom. The molecule has 0 aliphatic heterocycles. The third-order valence-electron chi connectivity index (χ3n) is 4.39. The Kier molecular flexibility index (Phi) is 8.12. The molecule has 2 N–H and O–H groups in total. The minimum atomic E-state index is -0.146. The van der Waals surface area contributed by atoms with Gasteiger partial charge in [-0.05, 0) is 42.3 Å². The summed E-state index contributed by atoms with van der Waals surface area (Å²) in [7, 11) is 0. The number of nitrogens with one attached hydrogen (secondary N) is 2. The smallest absolute Gasteiger partial charge is 0.243 e. The van der Waals surface area contributed by atoms with Crippen molar-refractivity contribution in [2.24, 2.45) is 0 Å². The molecule has 0 bridgehead atoms. The lowest BCUT2D eigenvalue weighted by Crippen LogP contribution is -2.21. The van der Waals surface area contributed by atoms with Crippen molar-refractivity contribution in [2.45, 2.75) is 13.3 Å². The predicted octanol–water partition coefficient (Wildman–Crippen LogP) is 5.31. The summed E-state index contributed by atoms with van der Waals surface area (Å²) < 4.78 is 11.5. The molecular formula is C26H28N2O3. The highest BCUT2D eigenvalue weighted by atomic mass is 16.5. The average molecular weight is 417 g/mol. The standard InChI is InChI=1S/C26H28N2O3/c1-20(2)19-31-25-13-7-11-23(17-25)28-26(29)18-27-22-10-6-12-24(16-22)30-15-14-21-8-4-3-5-9-21/h3-13,16-17,27H,1,14-15,18-19H2,2H3,(H,28,29). The monoisotopic (exact) mass is 416 g/mol. The highest BCUT2D eigenvalue weighted by Gasteiger charge is 2.05. The normalized spacial score (nSPS) is 10.2. The van der Waals surface area contributed by atoms with Gasteiger partial charge in [0.15, 0.2) is 0 Å². The van der Waals surface area contributed by atoms with Gasteiger partial charge in [-0.15, -0.1) is 0 Å². The van der Waals surface area contributed by atoms with E-state index in [-0.39, 0.29) is 12.5 Å². The van der Waals surface area contributed by atoms with E-state index in [9.17, 15) is 4.79 Å². The lowest BCUT2D eigenvalue weighted by molar-refractivity contribution is -0.114. The topological polar surface area (TPSA) is 59.6 Å². The van der Waals surface area contributed by atoms with E-state index in [1.165, 1.54) is 5.56 Å². The summed E-state index contributed by atoms with van der Waals surface area (Å²) in [6.45, 7) is 6.91. The fourth-order valence-electron chi connectivity index (χ4n) is 2.88. The fourth-order valence-corrected chi connectivity index (χ4v) is 2.88. The van der Waals surface area contributed by atoms with Crippen LogP contribution in [0.25, 0.3) is 0 Å². The van der Waals surface area contributed by atoms with Gasteiger partial charge in [0.2, 0.25) is 5.91 Å². The molecule has 0 unspecified atom stereocenters. The molecule has 3 aromatic carbocycles. The maximum atomic E-state index is 12.3. The number of benzene rings is 3. The van der Waals surface area contributed by atoms with E-state index >= 15 is 0 Å². The highest BCUT2D eigenvalue weighted by Crippen LogP contribution is 2.19. The summed E-state index contributed by atoms with van der Waals surface area (Å²) in [5.41, 5.74) is 3.68. The van der Waals surface area contributed by atoms with Crippen molar-refractivity contribution in [2.75, 3.05) is 30.4 Å². The van der Waals surface area contributed by atoms with Gasteiger partial charge in [-0.1, -0.05) is 49.0 Å². The van der Waals surface area contributed by atoms with Crippen LogP contribution in [0.4, 0.5) is 11.4 Å². The van der Waals surface area contributed by atoms with E-state index in [0.717, 1.165) is 23.4 Å². The molecule has 0 atom stereocenters. The number of hydrogen-bond donors (Lipinski definition) is 2. The summed E-state index contributed by atoms with van der Waals surface area (Å²) in [5.74, 6) is 1.31. The van der Waals surface area contributed by atoms with Gasteiger partial charge >= 0.3 is 0 Å². The highest BCUT2D eigenvalue weighted by molar-refractivity contribution is 5.93. The van der Waals surface area contributed by atoms with E-state index in [4.69, 9.17) is 9.47 Å². The number of ether oxygens (including phenoxy) is 2. The minimum Gasteiger partial charge on any atom is -0.493 e. The first-order valence-corrected chi connectivity index (χ1v) is 10.3. The molecule has 0 saturated carbocycles. The van der Waals surface area contributed by atoms with Crippen LogP contribution in [0, 0.1) is 0 Å². The van der Waals surface area contributed by atoms with Crippen molar-refractivity contribution >= 4 is 17.3 Å². The van der Waals surface area contributed by atoms with Crippen molar-refractivity contribution in [3.63, 3.8) is 0 Å². The molecular weight excluding hydrogens is 388 g/mol. The van der Waals surface area contributed by atoms with E-state index < -0.39 is 0 Å². The van der Waals surface area contributed by atoms with Crippen molar-refractivity contribution in [1.82, 2.24) is 0 Å². The molecule has 5 heteroatoms. The molecule has 3 aromatic rings. The number of carbonyl (C=O) groups is 1. The summed E-state index contributed by atoms with van der Waals surface area (Å²) in [6, 6.07) is 25.1. The molecule has 0 saturated heterocycles. The number of amides is 1. The second-order valence-electron chi connectivity index (χ2n) is 7.29. The minimum absolute atomic E-state index is 0.143. The van der Waals surface area contributed by atoms with E-state index in [2.05, 4.69) is 29.3 Å². The summed E-state index contributed by atoms with van der Waals surface area (Å²) in [4.78, 5) is 12.3. The fraction of sp³-hybridized carbons (Fsp3) is 0.192. The van der Waals surface area contributed by atoms with Crippen LogP contribution in [-0.2, 0) is 11.2 Å². The van der Waals surface area contributed by atoms with Crippen LogP contribution in [0.1, 0.15) is 12.5 Å². The van der Waals surface area contributed by atoms with Crippen LogP contribution >= 0.6 is 0 Å². The lowest BCUT2D eigenvalue weighted by atomic mass is 10.2. The summed E-state index contributed by atoms with van der Waals surface area (Å²) >= 11 is 0. The number of carbonyl (C=O) groups excluding carboxylic acids is 1. The van der Waals surface area contributed by atoms with Crippen LogP contribution in [0.3, 0.4) is 0 Å². The van der Waals surface area contributed by atoms with Gasteiger partial charge in [-0.3, -0.25) is 4.79 Å². The molecule has 0 aromatic heterocycles. The Balaban J connectivity index is 1.45. The molecule has 160 valence electrons. The van der Waals surface area contributed by atoms with Crippen molar-refractivity contribution in [3.8, 4) is 11.5 Å². The van der Waals surface area contributed by atoms with Crippen LogP contribution in [0.15, 0.2) is 91.0 Å². The quantitative estimate of drug-likeness (QED) is 0.416. The number of anilines is 2. The zero-order chi connectivity index (χ0) is 21.9. The van der Waals surface area contributed by atoms with Crippen LogP contribution < -0.4 is 20.1 Å².